The predicted molar refractivity (Wildman–Crippen MR) is 109 cm³/mol. The van der Waals surface area contributed by atoms with E-state index in [2.05, 4.69) is 10.6 Å². The van der Waals surface area contributed by atoms with E-state index < -0.39 is 0 Å². The number of Topliss-reactive ketones (excluding diaryl/α,β-unsaturated/α-hetero) is 1. The second-order valence-corrected chi connectivity index (χ2v) is 6.52. The molecule has 1 aliphatic heterocycles. The van der Waals surface area contributed by atoms with Gasteiger partial charge in [-0.05, 0) is 62.2 Å². The van der Waals surface area contributed by atoms with Crippen LogP contribution in [0.5, 0.6) is 5.75 Å². The van der Waals surface area contributed by atoms with E-state index in [1.165, 1.54) is 6.07 Å². The lowest BCUT2D eigenvalue weighted by molar-refractivity contribution is -0.118. The minimum atomic E-state index is -0.214. The lowest BCUT2D eigenvalue weighted by Crippen LogP contribution is -2.25. The smallest absolute Gasteiger partial charge is 0.262 e. The molecule has 0 aliphatic carbocycles. The molecule has 1 aliphatic rings. The van der Waals surface area contributed by atoms with Crippen molar-refractivity contribution in [1.82, 2.24) is 5.32 Å². The summed E-state index contributed by atoms with van der Waals surface area (Å²) in [4.78, 5) is 23.7. The number of carbonyl (C=O) groups is 2. The molecule has 2 N–H and O–H groups in total. The maximum atomic E-state index is 13.5. The first-order valence-electron chi connectivity index (χ1n) is 9.17. The Hall–Kier alpha value is -2.44. The summed E-state index contributed by atoms with van der Waals surface area (Å²) in [6, 6.07) is 11.9. The molecule has 2 aromatic carbocycles. The van der Waals surface area contributed by atoms with Crippen molar-refractivity contribution < 1.29 is 18.7 Å². The van der Waals surface area contributed by atoms with Crippen LogP contribution < -0.4 is 15.4 Å². The van der Waals surface area contributed by atoms with Crippen LogP contribution in [0.1, 0.15) is 35.2 Å². The van der Waals surface area contributed by atoms with Crippen LogP contribution in [0.2, 0.25) is 0 Å². The van der Waals surface area contributed by atoms with Crippen LogP contribution in [0.4, 0.5) is 10.1 Å². The molecule has 0 bridgehead atoms. The topological polar surface area (TPSA) is 67.4 Å². The number of hydrogen-bond acceptors (Lipinski definition) is 4. The van der Waals surface area contributed by atoms with E-state index in [0.29, 0.717) is 42.0 Å². The van der Waals surface area contributed by atoms with E-state index in [1.807, 2.05) is 6.07 Å². The number of unbranched alkanes of at least 4 members (excludes halogenated alkanes) is 1. The average Bonchev–Trinajstić information content (AvgIpc) is 2.67. The highest BCUT2D eigenvalue weighted by Gasteiger charge is 2.17. The molecule has 1 heterocycles. The van der Waals surface area contributed by atoms with Crippen LogP contribution in [0, 0.1) is 5.82 Å². The number of fused-ring (bicyclic) bond motifs is 1. The third-order valence-corrected chi connectivity index (χ3v) is 4.47. The molecule has 1 amide bonds. The van der Waals surface area contributed by atoms with Gasteiger partial charge in [-0.15, -0.1) is 12.4 Å². The fourth-order valence-electron chi connectivity index (χ4n) is 2.99. The highest BCUT2D eigenvalue weighted by molar-refractivity contribution is 6.00. The van der Waals surface area contributed by atoms with Gasteiger partial charge >= 0.3 is 0 Å². The van der Waals surface area contributed by atoms with Crippen LogP contribution in [-0.4, -0.2) is 31.4 Å². The second kappa shape index (κ2) is 10.8. The van der Waals surface area contributed by atoms with E-state index in [1.54, 1.807) is 30.3 Å². The molecular formula is C21H24ClFN2O3. The van der Waals surface area contributed by atoms with Gasteiger partial charge in [-0.2, -0.15) is 0 Å². The van der Waals surface area contributed by atoms with Crippen molar-refractivity contribution in [3.05, 3.63) is 59.4 Å². The molecule has 0 saturated heterocycles. The summed E-state index contributed by atoms with van der Waals surface area (Å²) >= 11 is 0. The summed E-state index contributed by atoms with van der Waals surface area (Å²) in [6.45, 7) is 1.50. The van der Waals surface area contributed by atoms with Gasteiger partial charge in [-0.3, -0.25) is 9.59 Å². The van der Waals surface area contributed by atoms with Crippen molar-refractivity contribution in [2.45, 2.75) is 25.7 Å². The summed E-state index contributed by atoms with van der Waals surface area (Å²) in [5, 5.41) is 5.99. The molecular weight excluding hydrogens is 383 g/mol. The Kier molecular flexibility index (Phi) is 8.42. The van der Waals surface area contributed by atoms with Crippen LogP contribution >= 0.6 is 12.4 Å². The molecule has 2 aromatic rings. The molecule has 7 heteroatoms. The van der Waals surface area contributed by atoms with Crippen LogP contribution in [0.25, 0.3) is 0 Å². The Morgan fingerprint density at radius 1 is 1.14 bits per heavy atom. The number of carbonyl (C=O) groups excluding carboxylic acids is 2. The Morgan fingerprint density at radius 3 is 2.79 bits per heavy atom. The van der Waals surface area contributed by atoms with Gasteiger partial charge in [0.1, 0.15) is 11.6 Å². The summed E-state index contributed by atoms with van der Waals surface area (Å²) < 4.78 is 18.8. The number of ether oxygens (including phenoxy) is 1. The van der Waals surface area contributed by atoms with Crippen LogP contribution in [-0.2, 0) is 11.2 Å². The molecule has 0 atom stereocenters. The third kappa shape index (κ3) is 6.04. The number of nitrogens with one attached hydrogen (secondary N) is 2. The van der Waals surface area contributed by atoms with Crippen LogP contribution in [0.15, 0.2) is 42.5 Å². The number of hydrogen-bond donors (Lipinski definition) is 2. The number of amides is 1. The third-order valence-electron chi connectivity index (χ3n) is 4.47. The largest absolute Gasteiger partial charge is 0.482 e. The Bertz CT molecular complexity index is 829. The van der Waals surface area contributed by atoms with E-state index in [9.17, 15) is 14.0 Å². The maximum absolute atomic E-state index is 13.5. The van der Waals surface area contributed by atoms with Crippen molar-refractivity contribution in [3.8, 4) is 5.75 Å². The number of rotatable bonds is 9. The summed E-state index contributed by atoms with van der Waals surface area (Å²) in [5.41, 5.74) is 1.84. The van der Waals surface area contributed by atoms with Gasteiger partial charge in [0, 0.05) is 12.0 Å². The fourth-order valence-corrected chi connectivity index (χ4v) is 2.99. The number of benzene rings is 2. The van der Waals surface area contributed by atoms with Gasteiger partial charge in [-0.25, -0.2) is 4.39 Å². The van der Waals surface area contributed by atoms with Crippen molar-refractivity contribution in [2.75, 3.05) is 25.0 Å². The highest BCUT2D eigenvalue weighted by atomic mass is 35.5. The first kappa shape index (κ1) is 21.9. The first-order chi connectivity index (χ1) is 13.1. The Labute approximate surface area is 170 Å². The zero-order chi connectivity index (χ0) is 19.1. The molecule has 0 fully saturated rings. The minimum absolute atomic E-state index is 0. The number of anilines is 1. The molecule has 0 saturated carbocycles. The van der Waals surface area contributed by atoms with Crippen molar-refractivity contribution in [1.29, 1.82) is 0 Å². The first-order valence-corrected chi connectivity index (χ1v) is 9.17. The molecule has 28 heavy (non-hydrogen) atoms. The Balaban J connectivity index is 0.00000280. The second-order valence-electron chi connectivity index (χ2n) is 6.52. The average molecular weight is 407 g/mol. The zero-order valence-electron chi connectivity index (χ0n) is 15.5. The van der Waals surface area contributed by atoms with E-state index in [0.717, 1.165) is 19.4 Å². The molecule has 0 spiro atoms. The zero-order valence-corrected chi connectivity index (χ0v) is 16.3. The van der Waals surface area contributed by atoms with Gasteiger partial charge in [0.05, 0.1) is 5.69 Å². The van der Waals surface area contributed by atoms with Crippen molar-refractivity contribution >= 4 is 29.8 Å². The van der Waals surface area contributed by atoms with E-state index in [4.69, 9.17) is 4.74 Å². The monoisotopic (exact) mass is 406 g/mol. The van der Waals surface area contributed by atoms with Gasteiger partial charge in [0.15, 0.2) is 12.4 Å². The van der Waals surface area contributed by atoms with Crippen LogP contribution in [0.3, 0.4) is 0 Å². The SMILES string of the molecule is Cl.O=C1COc2ccc(C(=O)CCCCNCCc3ccccc3F)cc2N1. The van der Waals surface area contributed by atoms with Gasteiger partial charge in [-0.1, -0.05) is 18.2 Å². The Morgan fingerprint density at radius 2 is 1.96 bits per heavy atom. The lowest BCUT2D eigenvalue weighted by Gasteiger charge is -2.18. The maximum Gasteiger partial charge on any atom is 0.262 e. The quantitative estimate of drug-likeness (QED) is 0.491. The van der Waals surface area contributed by atoms with E-state index in [-0.39, 0.29) is 36.5 Å². The highest BCUT2D eigenvalue weighted by Crippen LogP contribution is 2.29. The van der Waals surface area contributed by atoms with Gasteiger partial charge < -0.3 is 15.4 Å². The summed E-state index contributed by atoms with van der Waals surface area (Å²) in [5.74, 6) is 0.249. The van der Waals surface area contributed by atoms with Gasteiger partial charge in [0.2, 0.25) is 0 Å². The molecule has 5 nitrogen and oxygen atoms in total. The standard InChI is InChI=1S/C21H23FN2O3.ClH/c22-17-6-2-1-5-15(17)10-12-23-11-4-3-7-19(25)16-8-9-20-18(13-16)24-21(26)14-27-20;/h1-2,5-6,8-9,13,23H,3-4,7,10-12,14H2,(H,24,26);1H. The molecule has 0 unspecified atom stereocenters. The molecule has 0 aromatic heterocycles. The lowest BCUT2D eigenvalue weighted by atomic mass is 10.0. The van der Waals surface area contributed by atoms with Crippen molar-refractivity contribution in [2.24, 2.45) is 0 Å². The minimum Gasteiger partial charge on any atom is -0.482 e. The predicted octanol–water partition coefficient (Wildman–Crippen LogP) is 3.76. The molecule has 3 rings (SSSR count). The normalized spacial score (nSPS) is 12.4. The number of ketones is 1. The number of halogens is 2. The van der Waals surface area contributed by atoms with Gasteiger partial charge in [0.25, 0.3) is 5.91 Å². The van der Waals surface area contributed by atoms with Crippen molar-refractivity contribution in [3.63, 3.8) is 0 Å². The summed E-state index contributed by atoms with van der Waals surface area (Å²) in [6.07, 6.45) is 2.73. The molecule has 150 valence electrons. The molecule has 0 radical (unpaired) electrons. The fraction of sp³-hybridized carbons (Fsp3) is 0.333. The van der Waals surface area contributed by atoms with E-state index >= 15 is 0 Å². The summed E-state index contributed by atoms with van der Waals surface area (Å²) in [7, 11) is 0.